The number of aromatic nitrogens is 1. The zero-order valence-corrected chi connectivity index (χ0v) is 19.9. The van der Waals surface area contributed by atoms with Gasteiger partial charge in [-0.15, -0.1) is 24.0 Å². The average molecular weight is 545 g/mol. The number of hydrogen-bond donors (Lipinski definition) is 2. The first kappa shape index (κ1) is 26.7. The highest BCUT2D eigenvalue weighted by Gasteiger charge is 2.29. The van der Waals surface area contributed by atoms with E-state index in [9.17, 15) is 13.2 Å². The van der Waals surface area contributed by atoms with Crippen LogP contribution in [0.1, 0.15) is 19.4 Å². The summed E-state index contributed by atoms with van der Waals surface area (Å²) >= 11 is 0. The third-order valence-electron chi connectivity index (χ3n) is 4.66. The predicted octanol–water partition coefficient (Wildman–Crippen LogP) is 2.66. The Hall–Kier alpha value is -1.34. The second kappa shape index (κ2) is 13.2. The summed E-state index contributed by atoms with van der Waals surface area (Å²) in [5, 5.41) is 6.42. The molecule has 0 saturated carbocycles. The van der Waals surface area contributed by atoms with E-state index in [1.807, 2.05) is 0 Å². The number of ether oxygens (including phenoxy) is 2. The number of halogens is 4. The average Bonchev–Trinajstić information content (AvgIpc) is 2.69. The largest absolute Gasteiger partial charge is 0.468 e. The lowest BCUT2D eigenvalue weighted by Crippen LogP contribution is -2.52. The second-order valence-corrected chi connectivity index (χ2v) is 7.14. The molecule has 1 aromatic heterocycles. The third kappa shape index (κ3) is 9.21. The van der Waals surface area contributed by atoms with E-state index in [0.717, 1.165) is 26.3 Å². The summed E-state index contributed by atoms with van der Waals surface area (Å²) in [5.41, 5.74) is 0.522. The molecule has 0 bridgehead atoms. The molecule has 1 unspecified atom stereocenters. The monoisotopic (exact) mass is 545 g/mol. The van der Waals surface area contributed by atoms with E-state index in [2.05, 4.69) is 39.4 Å². The van der Waals surface area contributed by atoms with Crippen LogP contribution >= 0.6 is 24.0 Å². The van der Waals surface area contributed by atoms with Crippen LogP contribution in [0.5, 0.6) is 5.88 Å². The first-order valence-corrected chi connectivity index (χ1v) is 9.70. The van der Waals surface area contributed by atoms with E-state index in [-0.39, 0.29) is 36.4 Å². The zero-order chi connectivity index (χ0) is 21.3. The van der Waals surface area contributed by atoms with Gasteiger partial charge in [0, 0.05) is 51.0 Å². The SMILES string of the molecule is CN=C(NCc1cccnc1OCC(F)(F)F)NCC(C(C)C)N1CCOCC1.I. The normalized spacial score (nSPS) is 16.7. The molecule has 2 N–H and O–H groups in total. The van der Waals surface area contributed by atoms with Crippen LogP contribution in [0.15, 0.2) is 23.3 Å². The highest BCUT2D eigenvalue weighted by atomic mass is 127. The molecule has 1 aromatic rings. The molecule has 172 valence electrons. The van der Waals surface area contributed by atoms with Crippen molar-refractivity contribution >= 4 is 29.9 Å². The Morgan fingerprint density at radius 2 is 2.00 bits per heavy atom. The van der Waals surface area contributed by atoms with E-state index in [1.165, 1.54) is 6.20 Å². The molecule has 7 nitrogen and oxygen atoms in total. The summed E-state index contributed by atoms with van der Waals surface area (Å²) < 4.78 is 47.5. The van der Waals surface area contributed by atoms with E-state index >= 15 is 0 Å². The van der Waals surface area contributed by atoms with Gasteiger partial charge < -0.3 is 20.1 Å². The number of aliphatic imine (C=N–C) groups is 1. The number of guanidine groups is 1. The minimum absolute atomic E-state index is 0. The van der Waals surface area contributed by atoms with Crippen LogP contribution in [0.3, 0.4) is 0 Å². The maximum absolute atomic E-state index is 12.4. The summed E-state index contributed by atoms with van der Waals surface area (Å²) in [6.45, 7) is 7.18. The summed E-state index contributed by atoms with van der Waals surface area (Å²) in [6.07, 6.45) is -3.01. The molecule has 0 aliphatic carbocycles. The molecule has 11 heteroatoms. The van der Waals surface area contributed by atoms with Crippen LogP contribution in [-0.2, 0) is 11.3 Å². The van der Waals surface area contributed by atoms with Crippen molar-refractivity contribution < 1.29 is 22.6 Å². The number of rotatable bonds is 8. The maximum Gasteiger partial charge on any atom is 0.422 e. The van der Waals surface area contributed by atoms with Crippen LogP contribution in [0.25, 0.3) is 0 Å². The van der Waals surface area contributed by atoms with Gasteiger partial charge in [0.1, 0.15) is 0 Å². The first-order valence-electron chi connectivity index (χ1n) is 9.70. The van der Waals surface area contributed by atoms with Crippen LogP contribution in [0.4, 0.5) is 13.2 Å². The molecule has 1 aliphatic rings. The quantitative estimate of drug-likeness (QED) is 0.298. The number of morpholine rings is 1. The molecule has 0 amide bonds. The zero-order valence-electron chi connectivity index (χ0n) is 17.5. The highest BCUT2D eigenvalue weighted by Crippen LogP contribution is 2.20. The summed E-state index contributed by atoms with van der Waals surface area (Å²) in [5.74, 6) is 0.968. The van der Waals surface area contributed by atoms with Crippen molar-refractivity contribution in [2.75, 3.05) is 46.5 Å². The van der Waals surface area contributed by atoms with Gasteiger partial charge in [-0.3, -0.25) is 9.89 Å². The molecule has 1 aliphatic heterocycles. The van der Waals surface area contributed by atoms with Crippen molar-refractivity contribution in [3.05, 3.63) is 23.9 Å². The predicted molar refractivity (Wildman–Crippen MR) is 120 cm³/mol. The van der Waals surface area contributed by atoms with Crippen LogP contribution < -0.4 is 15.4 Å². The summed E-state index contributed by atoms with van der Waals surface area (Å²) in [7, 11) is 1.65. The Balaban J connectivity index is 0.00000450. The van der Waals surface area contributed by atoms with Gasteiger partial charge in [0.05, 0.1) is 13.2 Å². The number of nitrogens with one attached hydrogen (secondary N) is 2. The lowest BCUT2D eigenvalue weighted by Gasteiger charge is -2.37. The number of hydrogen-bond acceptors (Lipinski definition) is 5. The fourth-order valence-corrected chi connectivity index (χ4v) is 3.14. The fraction of sp³-hybridized carbons (Fsp3) is 0.684. The molecule has 30 heavy (non-hydrogen) atoms. The van der Waals surface area contributed by atoms with E-state index in [1.54, 1.807) is 19.2 Å². The van der Waals surface area contributed by atoms with Gasteiger partial charge in [-0.25, -0.2) is 4.98 Å². The Morgan fingerprint density at radius 1 is 1.30 bits per heavy atom. The van der Waals surface area contributed by atoms with Crippen molar-refractivity contribution in [2.24, 2.45) is 10.9 Å². The minimum Gasteiger partial charge on any atom is -0.468 e. The standard InChI is InChI=1S/C19H30F3N5O2.HI/c1-14(2)16(27-7-9-28-10-8-27)12-26-18(23-3)25-11-15-5-4-6-24-17(15)29-13-19(20,21)22;/h4-6,14,16H,7-13H2,1-3H3,(H2,23,25,26);1H. The number of alkyl halides is 3. The van der Waals surface area contributed by atoms with Gasteiger partial charge in [0.2, 0.25) is 5.88 Å². The topological polar surface area (TPSA) is 71.0 Å². The molecule has 0 spiro atoms. The highest BCUT2D eigenvalue weighted by molar-refractivity contribution is 14.0. The van der Waals surface area contributed by atoms with Gasteiger partial charge in [-0.05, 0) is 12.0 Å². The Morgan fingerprint density at radius 3 is 2.60 bits per heavy atom. The lowest BCUT2D eigenvalue weighted by atomic mass is 10.0. The maximum atomic E-state index is 12.4. The minimum atomic E-state index is -4.41. The van der Waals surface area contributed by atoms with E-state index < -0.39 is 12.8 Å². The van der Waals surface area contributed by atoms with Gasteiger partial charge in [-0.2, -0.15) is 13.2 Å². The van der Waals surface area contributed by atoms with Crippen molar-refractivity contribution in [1.82, 2.24) is 20.5 Å². The molecule has 2 rings (SSSR count). The first-order chi connectivity index (χ1) is 13.8. The second-order valence-electron chi connectivity index (χ2n) is 7.14. The summed E-state index contributed by atoms with van der Waals surface area (Å²) in [4.78, 5) is 10.5. The molecule has 2 heterocycles. The molecule has 1 atom stereocenters. The molecular formula is C19H31F3IN5O2. The van der Waals surface area contributed by atoms with Gasteiger partial charge in [0.15, 0.2) is 12.6 Å². The number of nitrogens with zero attached hydrogens (tertiary/aromatic N) is 3. The Bertz CT molecular complexity index is 655. The molecular weight excluding hydrogens is 514 g/mol. The van der Waals surface area contributed by atoms with Crippen molar-refractivity contribution in [1.29, 1.82) is 0 Å². The Kier molecular flexibility index (Phi) is 11.7. The Labute approximate surface area is 192 Å². The van der Waals surface area contributed by atoms with Crippen LogP contribution in [-0.4, -0.2) is 74.6 Å². The van der Waals surface area contributed by atoms with Crippen LogP contribution in [0.2, 0.25) is 0 Å². The molecule has 0 aromatic carbocycles. The van der Waals surface area contributed by atoms with Crippen LogP contribution in [0, 0.1) is 5.92 Å². The van der Waals surface area contributed by atoms with Crippen molar-refractivity contribution in [2.45, 2.75) is 32.6 Å². The van der Waals surface area contributed by atoms with E-state index in [4.69, 9.17) is 9.47 Å². The van der Waals surface area contributed by atoms with Crippen molar-refractivity contribution in [3.8, 4) is 5.88 Å². The fourth-order valence-electron chi connectivity index (χ4n) is 3.14. The van der Waals surface area contributed by atoms with Crippen molar-refractivity contribution in [3.63, 3.8) is 0 Å². The van der Waals surface area contributed by atoms with Gasteiger partial charge >= 0.3 is 6.18 Å². The van der Waals surface area contributed by atoms with Gasteiger partial charge in [0.25, 0.3) is 0 Å². The molecule has 0 radical (unpaired) electrons. The number of pyridine rings is 1. The van der Waals surface area contributed by atoms with Gasteiger partial charge in [-0.1, -0.05) is 19.9 Å². The summed E-state index contributed by atoms with van der Waals surface area (Å²) in [6, 6.07) is 3.64. The smallest absolute Gasteiger partial charge is 0.422 e. The lowest BCUT2D eigenvalue weighted by molar-refractivity contribution is -0.154. The third-order valence-corrected chi connectivity index (χ3v) is 4.66. The van der Waals surface area contributed by atoms with E-state index in [0.29, 0.717) is 30.0 Å². The molecule has 1 saturated heterocycles. The molecule has 1 fully saturated rings.